The molecule has 0 bridgehead atoms. The van der Waals surface area contributed by atoms with Gasteiger partial charge in [0.25, 0.3) is 0 Å². The topological polar surface area (TPSA) is 49.8 Å². The molecule has 0 aromatic carbocycles. The molecule has 0 aliphatic rings. The Morgan fingerprint density at radius 1 is 1.29 bits per heavy atom. The Bertz CT molecular complexity index is 481. The van der Waals surface area contributed by atoms with Gasteiger partial charge in [0.1, 0.15) is 10.8 Å². The van der Waals surface area contributed by atoms with Gasteiger partial charge in [0.05, 0.1) is 6.54 Å². The maximum absolute atomic E-state index is 4.31. The number of nitrogens with one attached hydrogen (secondary N) is 2. The van der Waals surface area contributed by atoms with Crippen LogP contribution < -0.4 is 10.6 Å². The fraction of sp³-hybridized carbons (Fsp3) is 0.333. The van der Waals surface area contributed by atoms with Crippen LogP contribution in [0, 0.1) is 6.92 Å². The minimum Gasteiger partial charge on any atom is -0.378 e. The van der Waals surface area contributed by atoms with Gasteiger partial charge in [0, 0.05) is 35.6 Å². The molecule has 5 heteroatoms. The van der Waals surface area contributed by atoms with E-state index in [0.717, 1.165) is 29.6 Å². The molecule has 2 aromatic heterocycles. The van der Waals surface area contributed by atoms with Gasteiger partial charge >= 0.3 is 0 Å². The van der Waals surface area contributed by atoms with Crippen molar-refractivity contribution in [3.8, 4) is 0 Å². The van der Waals surface area contributed by atoms with E-state index in [0.29, 0.717) is 0 Å². The number of aromatic nitrogens is 2. The van der Waals surface area contributed by atoms with Crippen molar-refractivity contribution < 1.29 is 0 Å². The summed E-state index contributed by atoms with van der Waals surface area (Å²) in [4.78, 5) is 9.78. The Kier molecular flexibility index (Phi) is 3.93. The molecule has 0 atom stereocenters. The van der Waals surface area contributed by atoms with E-state index in [1.165, 1.54) is 4.88 Å². The Morgan fingerprint density at radius 3 is 2.88 bits per heavy atom. The summed E-state index contributed by atoms with van der Waals surface area (Å²) in [5.74, 6) is 0.896. The highest BCUT2D eigenvalue weighted by atomic mass is 32.1. The fourth-order valence-corrected chi connectivity index (χ4v) is 2.21. The lowest BCUT2D eigenvalue weighted by atomic mass is 10.4. The summed E-state index contributed by atoms with van der Waals surface area (Å²) in [6, 6.07) is 3.96. The molecule has 0 fully saturated rings. The van der Waals surface area contributed by atoms with Crippen molar-refractivity contribution in [3.63, 3.8) is 0 Å². The first-order valence-corrected chi connectivity index (χ1v) is 6.44. The highest BCUT2D eigenvalue weighted by molar-refractivity contribution is 7.11. The van der Waals surface area contributed by atoms with E-state index in [4.69, 9.17) is 0 Å². The first-order valence-electron chi connectivity index (χ1n) is 5.63. The molecule has 2 heterocycles. The number of hydrogen-bond donors (Lipinski definition) is 2. The Labute approximate surface area is 105 Å². The van der Waals surface area contributed by atoms with Crippen molar-refractivity contribution in [2.75, 3.05) is 17.2 Å². The molecule has 2 aromatic rings. The Hall–Kier alpha value is -1.62. The molecule has 90 valence electrons. The van der Waals surface area contributed by atoms with Crippen molar-refractivity contribution in [1.82, 2.24) is 9.97 Å². The summed E-state index contributed by atoms with van der Waals surface area (Å²) in [6.07, 6.45) is 3.70. The predicted molar refractivity (Wildman–Crippen MR) is 72.6 cm³/mol. The number of hydrogen-bond acceptors (Lipinski definition) is 5. The van der Waals surface area contributed by atoms with Crippen LogP contribution in [0.15, 0.2) is 24.5 Å². The van der Waals surface area contributed by atoms with Crippen LogP contribution in [0.25, 0.3) is 0 Å². The van der Waals surface area contributed by atoms with E-state index in [1.807, 2.05) is 18.3 Å². The second-order valence-corrected chi connectivity index (χ2v) is 5.00. The van der Waals surface area contributed by atoms with Gasteiger partial charge in [0.2, 0.25) is 0 Å². The summed E-state index contributed by atoms with van der Waals surface area (Å²) in [7, 11) is 0. The van der Waals surface area contributed by atoms with Crippen LogP contribution in [0.5, 0.6) is 0 Å². The summed E-state index contributed by atoms with van der Waals surface area (Å²) in [6.45, 7) is 5.76. The second-order valence-electron chi connectivity index (χ2n) is 3.68. The zero-order valence-corrected chi connectivity index (χ0v) is 10.8. The average Bonchev–Trinajstić information content (AvgIpc) is 2.74. The maximum atomic E-state index is 4.31. The van der Waals surface area contributed by atoms with Crippen LogP contribution >= 0.6 is 11.3 Å². The lowest BCUT2D eigenvalue weighted by Gasteiger charge is -2.06. The van der Waals surface area contributed by atoms with Gasteiger partial charge in [-0.2, -0.15) is 0 Å². The molecule has 4 nitrogen and oxygen atoms in total. The third kappa shape index (κ3) is 3.42. The molecular formula is C12H16N4S. The summed E-state index contributed by atoms with van der Waals surface area (Å²) in [5, 5.41) is 7.63. The molecule has 0 unspecified atom stereocenters. The minimum absolute atomic E-state index is 0.758. The monoisotopic (exact) mass is 248 g/mol. The van der Waals surface area contributed by atoms with Gasteiger partial charge < -0.3 is 10.6 Å². The number of aryl methyl sites for hydroxylation is 1. The zero-order valence-electron chi connectivity index (χ0n) is 10.0. The van der Waals surface area contributed by atoms with Crippen LogP contribution in [0.4, 0.5) is 11.5 Å². The Morgan fingerprint density at radius 2 is 2.18 bits per heavy atom. The fourth-order valence-electron chi connectivity index (χ4n) is 1.48. The van der Waals surface area contributed by atoms with Gasteiger partial charge in [-0.05, 0) is 19.9 Å². The smallest absolute Gasteiger partial charge is 0.127 e. The Balaban J connectivity index is 1.96. The highest BCUT2D eigenvalue weighted by Gasteiger charge is 1.99. The normalized spacial score (nSPS) is 10.2. The predicted octanol–water partition coefficient (Wildman–Crippen LogP) is 2.89. The van der Waals surface area contributed by atoms with Gasteiger partial charge in [-0.3, -0.25) is 0 Å². The number of rotatable bonds is 5. The van der Waals surface area contributed by atoms with Crippen LogP contribution in [0.2, 0.25) is 0 Å². The van der Waals surface area contributed by atoms with Crippen molar-refractivity contribution in [2.45, 2.75) is 20.4 Å². The lowest BCUT2D eigenvalue weighted by molar-refractivity contribution is 1.09. The molecule has 0 spiro atoms. The third-order valence-corrected chi connectivity index (χ3v) is 3.14. The maximum Gasteiger partial charge on any atom is 0.127 e. The molecule has 2 N–H and O–H groups in total. The summed E-state index contributed by atoms with van der Waals surface area (Å²) < 4.78 is 0. The van der Waals surface area contributed by atoms with Crippen molar-refractivity contribution >= 4 is 22.8 Å². The van der Waals surface area contributed by atoms with Crippen molar-refractivity contribution in [1.29, 1.82) is 0 Å². The van der Waals surface area contributed by atoms with E-state index in [9.17, 15) is 0 Å². The van der Waals surface area contributed by atoms with Crippen LogP contribution in [-0.4, -0.2) is 16.5 Å². The van der Waals surface area contributed by atoms with E-state index >= 15 is 0 Å². The standard InChI is InChI=1S/C12H16N4S/c1-3-13-11-6-10(4-5-14-11)15-8-12-16-7-9(2)17-12/h4-7H,3,8H2,1-2H3,(H2,13,14,15). The molecule has 0 aliphatic carbocycles. The number of thiazole rings is 1. The second kappa shape index (κ2) is 5.63. The third-order valence-electron chi connectivity index (χ3n) is 2.23. The molecule has 0 saturated carbocycles. The van der Waals surface area contributed by atoms with Crippen LogP contribution in [0.3, 0.4) is 0 Å². The van der Waals surface area contributed by atoms with E-state index in [-0.39, 0.29) is 0 Å². The molecule has 2 rings (SSSR count). The van der Waals surface area contributed by atoms with Gasteiger partial charge in [0.15, 0.2) is 0 Å². The largest absolute Gasteiger partial charge is 0.378 e. The molecule has 0 amide bonds. The number of nitrogens with zero attached hydrogens (tertiary/aromatic N) is 2. The zero-order chi connectivity index (χ0) is 12.1. The average molecular weight is 248 g/mol. The molecule has 0 aliphatic heterocycles. The first kappa shape index (κ1) is 11.9. The van der Waals surface area contributed by atoms with Gasteiger partial charge in [-0.1, -0.05) is 0 Å². The lowest BCUT2D eigenvalue weighted by Crippen LogP contribution is -2.02. The van der Waals surface area contributed by atoms with Gasteiger partial charge in [-0.25, -0.2) is 9.97 Å². The number of pyridine rings is 1. The SMILES string of the molecule is CCNc1cc(NCc2ncc(C)s2)ccn1. The molecule has 17 heavy (non-hydrogen) atoms. The van der Waals surface area contributed by atoms with Crippen LogP contribution in [0.1, 0.15) is 16.8 Å². The highest BCUT2D eigenvalue weighted by Crippen LogP contribution is 2.15. The van der Waals surface area contributed by atoms with Crippen molar-refractivity contribution in [3.05, 3.63) is 34.4 Å². The van der Waals surface area contributed by atoms with Gasteiger partial charge in [-0.15, -0.1) is 11.3 Å². The molecule has 0 saturated heterocycles. The molecular weight excluding hydrogens is 232 g/mol. The minimum atomic E-state index is 0.758. The molecule has 0 radical (unpaired) electrons. The first-order chi connectivity index (χ1) is 8.28. The summed E-state index contributed by atoms with van der Waals surface area (Å²) >= 11 is 1.72. The van der Waals surface area contributed by atoms with E-state index in [1.54, 1.807) is 17.5 Å². The van der Waals surface area contributed by atoms with Crippen LogP contribution in [-0.2, 0) is 6.54 Å². The summed E-state index contributed by atoms with van der Waals surface area (Å²) in [5.41, 5.74) is 1.06. The van der Waals surface area contributed by atoms with E-state index in [2.05, 4.69) is 34.4 Å². The van der Waals surface area contributed by atoms with E-state index < -0.39 is 0 Å². The number of anilines is 2. The van der Waals surface area contributed by atoms with Crippen molar-refractivity contribution in [2.24, 2.45) is 0 Å². The quantitative estimate of drug-likeness (QED) is 0.854.